The zero-order valence-corrected chi connectivity index (χ0v) is 18.5. The molecule has 2 N–H and O–H groups in total. The van der Waals surface area contributed by atoms with E-state index >= 15 is 0 Å². The van der Waals surface area contributed by atoms with Gasteiger partial charge in [0.05, 0.1) is 25.0 Å². The molecule has 0 unspecified atom stereocenters. The molecular weight excluding hydrogens is 436 g/mol. The molecule has 4 rings (SSSR count). The van der Waals surface area contributed by atoms with Crippen LogP contribution in [0.4, 0.5) is 17.6 Å². The number of aromatic amines is 1. The number of H-pyrrole nitrogens is 1. The second-order valence-corrected chi connectivity index (χ2v) is 8.35. The highest BCUT2D eigenvalue weighted by molar-refractivity contribution is 5.85. The number of aromatic nitrogens is 2. The van der Waals surface area contributed by atoms with Crippen molar-refractivity contribution in [2.75, 3.05) is 32.9 Å². The molecule has 0 amide bonds. The Bertz CT molecular complexity index is 1070. The van der Waals surface area contributed by atoms with Gasteiger partial charge in [-0.3, -0.25) is 9.29 Å². The topological polar surface area (TPSA) is 53.2 Å². The van der Waals surface area contributed by atoms with Crippen LogP contribution in [0.3, 0.4) is 0 Å². The van der Waals surface area contributed by atoms with Crippen molar-refractivity contribution in [2.45, 2.75) is 38.0 Å². The highest BCUT2D eigenvalue weighted by atomic mass is 19.4. The predicted molar refractivity (Wildman–Crippen MR) is 119 cm³/mol. The van der Waals surface area contributed by atoms with Gasteiger partial charge in [0, 0.05) is 35.2 Å². The molecule has 178 valence electrons. The van der Waals surface area contributed by atoms with Gasteiger partial charge in [-0.1, -0.05) is 24.3 Å². The zero-order chi connectivity index (χ0) is 23.4. The molecule has 33 heavy (non-hydrogen) atoms. The highest BCUT2D eigenvalue weighted by Gasteiger charge is 2.42. The third kappa shape index (κ3) is 5.47. The second kappa shape index (κ2) is 10.1. The van der Waals surface area contributed by atoms with Gasteiger partial charge in [-0.15, -0.1) is 0 Å². The van der Waals surface area contributed by atoms with Gasteiger partial charge >= 0.3 is 6.18 Å². The molecule has 3 aromatic rings. The number of alkyl halides is 4. The molecule has 1 aliphatic heterocycles. The van der Waals surface area contributed by atoms with E-state index in [0.717, 1.165) is 22.2 Å². The lowest BCUT2D eigenvalue weighted by molar-refractivity contribution is -0.155. The molecule has 1 aromatic carbocycles. The normalized spacial score (nSPS) is 19.1. The molecule has 0 saturated carbocycles. The summed E-state index contributed by atoms with van der Waals surface area (Å²) in [5.74, 6) is 0.350. The molecule has 0 radical (unpaired) electrons. The Balaban J connectivity index is 1.64. The molecule has 0 saturated heterocycles. The van der Waals surface area contributed by atoms with Crippen molar-refractivity contribution in [3.05, 3.63) is 59.4 Å². The van der Waals surface area contributed by atoms with Crippen LogP contribution in [0.25, 0.3) is 10.9 Å². The van der Waals surface area contributed by atoms with Crippen molar-refractivity contribution in [1.82, 2.24) is 20.2 Å². The number of hydrogen-bond acceptors (Lipinski definition) is 4. The van der Waals surface area contributed by atoms with Gasteiger partial charge in [0.25, 0.3) is 0 Å². The number of halogens is 4. The van der Waals surface area contributed by atoms with Crippen LogP contribution >= 0.6 is 0 Å². The number of fused-ring (bicyclic) bond motifs is 3. The van der Waals surface area contributed by atoms with Gasteiger partial charge in [-0.05, 0) is 44.0 Å². The van der Waals surface area contributed by atoms with Gasteiger partial charge in [-0.25, -0.2) is 4.98 Å². The Kier molecular flexibility index (Phi) is 7.19. The number of rotatable bonds is 9. The molecule has 9 heteroatoms. The Labute approximate surface area is 190 Å². The predicted octanol–water partition coefficient (Wildman–Crippen LogP) is 4.79. The molecule has 0 bridgehead atoms. The summed E-state index contributed by atoms with van der Waals surface area (Å²) in [6.45, 7) is 1.84. The average molecular weight is 465 g/mol. The molecular formula is C24H28F4N4O. The van der Waals surface area contributed by atoms with Crippen molar-refractivity contribution < 1.29 is 22.3 Å². The van der Waals surface area contributed by atoms with Crippen LogP contribution in [0.5, 0.6) is 5.88 Å². The van der Waals surface area contributed by atoms with E-state index in [1.807, 2.05) is 31.2 Å². The lowest BCUT2D eigenvalue weighted by atomic mass is 9.90. The summed E-state index contributed by atoms with van der Waals surface area (Å²) < 4.78 is 58.5. The molecule has 2 aromatic heterocycles. The molecule has 0 aliphatic carbocycles. The molecule has 5 nitrogen and oxygen atoms in total. The zero-order valence-electron chi connectivity index (χ0n) is 18.5. The molecule has 0 spiro atoms. The van der Waals surface area contributed by atoms with Gasteiger partial charge in [0.15, 0.2) is 0 Å². The summed E-state index contributed by atoms with van der Waals surface area (Å²) in [5.41, 5.74) is 3.18. The van der Waals surface area contributed by atoms with Crippen LogP contribution in [0.15, 0.2) is 42.5 Å². The van der Waals surface area contributed by atoms with E-state index in [9.17, 15) is 17.6 Å². The van der Waals surface area contributed by atoms with Gasteiger partial charge in [-0.2, -0.15) is 13.2 Å². The first-order chi connectivity index (χ1) is 15.9. The summed E-state index contributed by atoms with van der Waals surface area (Å²) in [6.07, 6.45) is -3.38. The quantitative estimate of drug-likeness (QED) is 0.353. The van der Waals surface area contributed by atoms with Crippen LogP contribution in [0, 0.1) is 0 Å². The van der Waals surface area contributed by atoms with Crippen LogP contribution in [0.2, 0.25) is 0 Å². The minimum Gasteiger partial charge on any atom is -0.476 e. The summed E-state index contributed by atoms with van der Waals surface area (Å²) in [5, 5.41) is 4.10. The van der Waals surface area contributed by atoms with Crippen molar-refractivity contribution in [2.24, 2.45) is 0 Å². The van der Waals surface area contributed by atoms with Crippen molar-refractivity contribution in [3.8, 4) is 5.88 Å². The van der Waals surface area contributed by atoms with E-state index in [-0.39, 0.29) is 12.7 Å². The lowest BCUT2D eigenvalue weighted by Gasteiger charge is -2.40. The van der Waals surface area contributed by atoms with Crippen LogP contribution < -0.4 is 10.1 Å². The van der Waals surface area contributed by atoms with Gasteiger partial charge in [0.1, 0.15) is 6.61 Å². The van der Waals surface area contributed by atoms with E-state index in [2.05, 4.69) is 15.3 Å². The van der Waals surface area contributed by atoms with Crippen molar-refractivity contribution in [1.29, 1.82) is 0 Å². The first-order valence-corrected chi connectivity index (χ1v) is 11.2. The Morgan fingerprint density at radius 3 is 2.76 bits per heavy atom. The molecule has 1 aliphatic rings. The van der Waals surface area contributed by atoms with E-state index in [1.54, 1.807) is 18.2 Å². The monoisotopic (exact) mass is 464 g/mol. The number of nitrogens with one attached hydrogen (secondary N) is 2. The van der Waals surface area contributed by atoms with E-state index < -0.39 is 18.8 Å². The van der Waals surface area contributed by atoms with Crippen LogP contribution in [0.1, 0.15) is 36.3 Å². The van der Waals surface area contributed by atoms with E-state index in [4.69, 9.17) is 4.74 Å². The number of benzene rings is 1. The first-order valence-electron chi connectivity index (χ1n) is 11.2. The van der Waals surface area contributed by atoms with Crippen LogP contribution in [-0.4, -0.2) is 60.0 Å². The van der Waals surface area contributed by atoms with E-state index in [0.29, 0.717) is 44.1 Å². The van der Waals surface area contributed by atoms with E-state index in [1.165, 1.54) is 4.90 Å². The third-order valence-electron chi connectivity index (χ3n) is 5.92. The smallest absolute Gasteiger partial charge is 0.401 e. The number of nitrogens with zero attached hydrogens (tertiary/aromatic N) is 2. The maximum Gasteiger partial charge on any atom is 0.401 e. The largest absolute Gasteiger partial charge is 0.476 e. The number of pyridine rings is 1. The summed E-state index contributed by atoms with van der Waals surface area (Å²) in [7, 11) is 0. The SMILES string of the molecule is C[C@@H]1Cc2c([nH]c3ccccc23)[C@@H](c2cccc(OCCNCCCF)n2)N1CC(F)(F)F. The maximum absolute atomic E-state index is 13.5. The number of ether oxygens (including phenoxy) is 1. The minimum absolute atomic E-state index is 0.325. The number of para-hydroxylation sites is 1. The Hall–Kier alpha value is -2.65. The molecule has 2 atom stereocenters. The van der Waals surface area contributed by atoms with Gasteiger partial charge < -0.3 is 15.0 Å². The maximum atomic E-state index is 13.5. The van der Waals surface area contributed by atoms with Crippen LogP contribution in [-0.2, 0) is 6.42 Å². The van der Waals surface area contributed by atoms with Crippen molar-refractivity contribution in [3.63, 3.8) is 0 Å². The van der Waals surface area contributed by atoms with Crippen molar-refractivity contribution >= 4 is 10.9 Å². The average Bonchev–Trinajstić information content (AvgIpc) is 3.14. The minimum atomic E-state index is -4.34. The summed E-state index contributed by atoms with van der Waals surface area (Å²) in [6, 6.07) is 12.0. The second-order valence-electron chi connectivity index (χ2n) is 8.35. The van der Waals surface area contributed by atoms with Gasteiger partial charge in [0.2, 0.25) is 5.88 Å². The summed E-state index contributed by atoms with van der Waals surface area (Å²) in [4.78, 5) is 9.40. The fourth-order valence-corrected chi connectivity index (χ4v) is 4.49. The highest BCUT2D eigenvalue weighted by Crippen LogP contribution is 2.41. The standard InChI is InChI=1S/C24H28F4N4O/c1-16-14-18-17-6-2-3-7-19(17)31-22(18)23(32(16)15-24(26,27)28)20-8-4-9-21(30-20)33-13-12-29-11-5-10-25/h2-4,6-9,16,23,29,31H,5,10-15H2,1H3/t16-,23-/m1/s1. The fourth-order valence-electron chi connectivity index (χ4n) is 4.49. The number of hydrogen-bond donors (Lipinski definition) is 2. The third-order valence-corrected chi connectivity index (χ3v) is 5.92. The molecule has 0 fully saturated rings. The Morgan fingerprint density at radius 1 is 1.15 bits per heavy atom. The first kappa shape index (κ1) is 23.5. The molecule has 3 heterocycles. The lowest BCUT2D eigenvalue weighted by Crippen LogP contribution is -2.47. The Morgan fingerprint density at radius 2 is 1.97 bits per heavy atom. The fraction of sp³-hybridized carbons (Fsp3) is 0.458. The summed E-state index contributed by atoms with van der Waals surface area (Å²) >= 11 is 0.